The SMILES string of the molecule is CCCCCCc1ccc(C(=O)c2ccc(C(=O)Oc3ccc(C#N)cc3)c(C)c2)cc1. The van der Waals surface area contributed by atoms with Crippen molar-refractivity contribution in [3.63, 3.8) is 0 Å². The minimum absolute atomic E-state index is 0.0716. The molecule has 0 saturated heterocycles. The fourth-order valence-corrected chi connectivity index (χ4v) is 3.54. The van der Waals surface area contributed by atoms with E-state index in [2.05, 4.69) is 6.92 Å². The molecule has 3 rings (SSSR count). The predicted octanol–water partition coefficient (Wildman–Crippen LogP) is 6.44. The van der Waals surface area contributed by atoms with Crippen molar-refractivity contribution in [2.24, 2.45) is 0 Å². The normalized spacial score (nSPS) is 10.4. The van der Waals surface area contributed by atoms with Gasteiger partial charge in [-0.1, -0.05) is 56.5 Å². The van der Waals surface area contributed by atoms with Crippen molar-refractivity contribution in [3.05, 3.63) is 100 Å². The van der Waals surface area contributed by atoms with Crippen LogP contribution in [0.15, 0.2) is 66.7 Å². The van der Waals surface area contributed by atoms with Crippen LogP contribution < -0.4 is 4.74 Å². The van der Waals surface area contributed by atoms with Gasteiger partial charge in [0.25, 0.3) is 0 Å². The molecule has 0 spiro atoms. The summed E-state index contributed by atoms with van der Waals surface area (Å²) in [5, 5.41) is 8.86. The second kappa shape index (κ2) is 11.1. The minimum atomic E-state index is -0.501. The van der Waals surface area contributed by atoms with Crippen molar-refractivity contribution < 1.29 is 14.3 Å². The molecular formula is C28H27NO3. The van der Waals surface area contributed by atoms with E-state index in [0.717, 1.165) is 6.42 Å². The number of nitriles is 1. The smallest absolute Gasteiger partial charge is 0.343 e. The highest BCUT2D eigenvalue weighted by atomic mass is 16.5. The highest BCUT2D eigenvalue weighted by Gasteiger charge is 2.15. The molecule has 0 bridgehead atoms. The summed E-state index contributed by atoms with van der Waals surface area (Å²) in [6.45, 7) is 3.98. The van der Waals surface area contributed by atoms with Crippen LogP contribution in [-0.4, -0.2) is 11.8 Å². The Balaban J connectivity index is 1.66. The molecular weight excluding hydrogens is 398 g/mol. The monoisotopic (exact) mass is 425 g/mol. The number of nitrogens with zero attached hydrogens (tertiary/aromatic N) is 1. The van der Waals surface area contributed by atoms with Crippen LogP contribution in [0.25, 0.3) is 0 Å². The molecule has 32 heavy (non-hydrogen) atoms. The predicted molar refractivity (Wildman–Crippen MR) is 125 cm³/mol. The van der Waals surface area contributed by atoms with Gasteiger partial charge in [0.05, 0.1) is 17.2 Å². The van der Waals surface area contributed by atoms with Crippen LogP contribution in [0.1, 0.15) is 75.6 Å². The molecule has 162 valence electrons. The van der Waals surface area contributed by atoms with E-state index >= 15 is 0 Å². The summed E-state index contributed by atoms with van der Waals surface area (Å²) in [5.74, 6) is -0.209. The van der Waals surface area contributed by atoms with Crippen LogP contribution in [0.4, 0.5) is 0 Å². The number of rotatable bonds is 9. The van der Waals surface area contributed by atoms with Gasteiger partial charge < -0.3 is 4.74 Å². The summed E-state index contributed by atoms with van der Waals surface area (Å²) in [6, 6.07) is 21.2. The third-order valence-corrected chi connectivity index (χ3v) is 5.44. The van der Waals surface area contributed by atoms with Crippen LogP contribution in [0, 0.1) is 18.3 Å². The standard InChI is InChI=1S/C28H27NO3/c1-3-4-5-6-7-21-8-12-23(13-9-21)27(30)24-14-17-26(20(2)18-24)28(31)32-25-15-10-22(19-29)11-16-25/h8-18H,3-7H2,1-2H3. The van der Waals surface area contributed by atoms with E-state index in [1.165, 1.54) is 31.2 Å². The van der Waals surface area contributed by atoms with Gasteiger partial charge in [-0.2, -0.15) is 5.26 Å². The van der Waals surface area contributed by atoms with Crippen LogP contribution in [0.2, 0.25) is 0 Å². The number of carbonyl (C=O) groups is 2. The third-order valence-electron chi connectivity index (χ3n) is 5.44. The van der Waals surface area contributed by atoms with Crippen molar-refractivity contribution in [1.29, 1.82) is 5.26 Å². The van der Waals surface area contributed by atoms with Gasteiger partial charge >= 0.3 is 5.97 Å². The van der Waals surface area contributed by atoms with E-state index in [1.807, 2.05) is 30.3 Å². The Morgan fingerprint density at radius 3 is 2.19 bits per heavy atom. The van der Waals surface area contributed by atoms with Gasteiger partial charge in [-0.3, -0.25) is 4.79 Å². The molecule has 0 aliphatic carbocycles. The Morgan fingerprint density at radius 2 is 1.56 bits per heavy atom. The molecule has 0 aromatic heterocycles. The molecule has 4 nitrogen and oxygen atoms in total. The number of hydrogen-bond acceptors (Lipinski definition) is 4. The maximum absolute atomic E-state index is 12.9. The quantitative estimate of drug-likeness (QED) is 0.171. The summed E-state index contributed by atoms with van der Waals surface area (Å²) >= 11 is 0. The molecule has 0 saturated carbocycles. The lowest BCUT2D eigenvalue weighted by Gasteiger charge is -2.09. The number of carbonyl (C=O) groups excluding carboxylic acids is 2. The molecule has 0 fully saturated rings. The molecule has 0 heterocycles. The summed E-state index contributed by atoms with van der Waals surface area (Å²) < 4.78 is 5.39. The third kappa shape index (κ3) is 5.92. The largest absolute Gasteiger partial charge is 0.423 e. The highest BCUT2D eigenvalue weighted by molar-refractivity contribution is 6.09. The average Bonchev–Trinajstić information content (AvgIpc) is 2.82. The molecule has 0 atom stereocenters. The molecule has 0 aliphatic heterocycles. The Hall–Kier alpha value is -3.71. The van der Waals surface area contributed by atoms with E-state index in [9.17, 15) is 9.59 Å². The van der Waals surface area contributed by atoms with Crippen LogP contribution in [0.3, 0.4) is 0 Å². The zero-order valence-corrected chi connectivity index (χ0v) is 18.6. The number of hydrogen-bond donors (Lipinski definition) is 0. The molecule has 4 heteroatoms. The number of ether oxygens (including phenoxy) is 1. The van der Waals surface area contributed by atoms with Crippen molar-refractivity contribution in [1.82, 2.24) is 0 Å². The van der Waals surface area contributed by atoms with Crippen LogP contribution in [-0.2, 0) is 6.42 Å². The minimum Gasteiger partial charge on any atom is -0.423 e. The molecule has 0 amide bonds. The topological polar surface area (TPSA) is 67.2 Å². The number of unbranched alkanes of at least 4 members (excludes halogenated alkanes) is 3. The van der Waals surface area contributed by atoms with E-state index in [-0.39, 0.29) is 5.78 Å². The van der Waals surface area contributed by atoms with E-state index in [4.69, 9.17) is 10.00 Å². The van der Waals surface area contributed by atoms with Gasteiger partial charge in [0.15, 0.2) is 5.78 Å². The summed E-state index contributed by atoms with van der Waals surface area (Å²) in [6.07, 6.45) is 5.91. The van der Waals surface area contributed by atoms with Crippen molar-refractivity contribution in [2.45, 2.75) is 46.0 Å². The van der Waals surface area contributed by atoms with E-state index in [0.29, 0.717) is 33.6 Å². The fourth-order valence-electron chi connectivity index (χ4n) is 3.54. The fraction of sp³-hybridized carbons (Fsp3) is 0.250. The average molecular weight is 426 g/mol. The first-order chi connectivity index (χ1) is 15.5. The molecule has 0 aliphatic rings. The Kier molecular flexibility index (Phi) is 7.94. The first-order valence-corrected chi connectivity index (χ1v) is 11.0. The Morgan fingerprint density at radius 1 is 0.875 bits per heavy atom. The van der Waals surface area contributed by atoms with Crippen molar-refractivity contribution >= 4 is 11.8 Å². The number of benzene rings is 3. The number of ketones is 1. The van der Waals surface area contributed by atoms with Crippen LogP contribution >= 0.6 is 0 Å². The second-order valence-electron chi connectivity index (χ2n) is 7.89. The number of aryl methyl sites for hydroxylation is 2. The zero-order valence-electron chi connectivity index (χ0n) is 18.6. The molecule has 3 aromatic carbocycles. The van der Waals surface area contributed by atoms with Gasteiger partial charge in [-0.25, -0.2) is 4.79 Å². The molecule has 0 radical (unpaired) electrons. The van der Waals surface area contributed by atoms with E-state index in [1.54, 1.807) is 49.4 Å². The second-order valence-corrected chi connectivity index (χ2v) is 7.89. The van der Waals surface area contributed by atoms with E-state index < -0.39 is 5.97 Å². The van der Waals surface area contributed by atoms with Gasteiger partial charge in [-0.15, -0.1) is 0 Å². The zero-order chi connectivity index (χ0) is 22.9. The lowest BCUT2D eigenvalue weighted by molar-refractivity contribution is 0.0733. The lowest BCUT2D eigenvalue weighted by Crippen LogP contribution is -2.11. The summed E-state index contributed by atoms with van der Waals surface area (Å²) in [4.78, 5) is 25.4. The molecule has 0 unspecified atom stereocenters. The maximum atomic E-state index is 12.9. The molecule has 0 N–H and O–H groups in total. The summed E-state index contributed by atoms with van der Waals surface area (Å²) in [7, 11) is 0. The lowest BCUT2D eigenvalue weighted by atomic mass is 9.97. The van der Waals surface area contributed by atoms with Crippen molar-refractivity contribution in [2.75, 3.05) is 0 Å². The maximum Gasteiger partial charge on any atom is 0.343 e. The van der Waals surface area contributed by atoms with Gasteiger partial charge in [0.2, 0.25) is 0 Å². The summed E-state index contributed by atoms with van der Waals surface area (Å²) in [5.41, 5.74) is 3.97. The molecule has 3 aromatic rings. The Labute approximate surface area is 189 Å². The Bertz CT molecular complexity index is 1120. The highest BCUT2D eigenvalue weighted by Crippen LogP contribution is 2.19. The van der Waals surface area contributed by atoms with Gasteiger partial charge in [0, 0.05) is 11.1 Å². The van der Waals surface area contributed by atoms with Crippen molar-refractivity contribution in [3.8, 4) is 11.8 Å². The van der Waals surface area contributed by atoms with Gasteiger partial charge in [-0.05, 0) is 67.3 Å². The first-order valence-electron chi connectivity index (χ1n) is 11.0. The first kappa shape index (κ1) is 23.0. The van der Waals surface area contributed by atoms with Gasteiger partial charge in [0.1, 0.15) is 5.75 Å². The number of esters is 1. The van der Waals surface area contributed by atoms with Crippen LogP contribution in [0.5, 0.6) is 5.75 Å².